The Morgan fingerprint density at radius 3 is 2.95 bits per heavy atom. The Bertz CT molecular complexity index is 537. The predicted octanol–water partition coefficient (Wildman–Crippen LogP) is 2.43. The van der Waals surface area contributed by atoms with Gasteiger partial charge in [0.1, 0.15) is 12.4 Å². The summed E-state index contributed by atoms with van der Waals surface area (Å²) in [5.41, 5.74) is 0.486. The Labute approximate surface area is 129 Å². The molecule has 1 rings (SSSR count). The summed E-state index contributed by atoms with van der Waals surface area (Å²) < 4.78 is 13.7. The SMILES string of the molecule is CCSCCC(C)NC(=O)c1cc(C#CCO)ccc1F. The number of benzene rings is 1. The summed E-state index contributed by atoms with van der Waals surface area (Å²) in [5, 5.41) is 11.4. The van der Waals surface area contributed by atoms with Gasteiger partial charge < -0.3 is 10.4 Å². The van der Waals surface area contributed by atoms with Crippen LogP contribution in [0.25, 0.3) is 0 Å². The van der Waals surface area contributed by atoms with Crippen LogP contribution in [0.2, 0.25) is 0 Å². The second-order valence-electron chi connectivity index (χ2n) is 4.51. The third kappa shape index (κ3) is 6.19. The number of carbonyl (C=O) groups excluding carboxylic acids is 1. The lowest BCUT2D eigenvalue weighted by Gasteiger charge is -2.14. The molecule has 0 aliphatic carbocycles. The van der Waals surface area contributed by atoms with Crippen molar-refractivity contribution in [1.29, 1.82) is 0 Å². The van der Waals surface area contributed by atoms with E-state index >= 15 is 0 Å². The number of nitrogens with one attached hydrogen (secondary N) is 1. The minimum atomic E-state index is -0.572. The molecule has 1 aromatic carbocycles. The van der Waals surface area contributed by atoms with Gasteiger partial charge in [-0.25, -0.2) is 4.39 Å². The van der Waals surface area contributed by atoms with Gasteiger partial charge in [0.05, 0.1) is 5.56 Å². The quantitative estimate of drug-likeness (QED) is 0.627. The van der Waals surface area contributed by atoms with E-state index in [-0.39, 0.29) is 18.2 Å². The summed E-state index contributed by atoms with van der Waals surface area (Å²) in [6, 6.07) is 4.09. The van der Waals surface area contributed by atoms with Crippen LogP contribution in [0.3, 0.4) is 0 Å². The zero-order chi connectivity index (χ0) is 15.7. The molecule has 0 spiro atoms. The molecule has 114 valence electrons. The molecule has 3 nitrogen and oxygen atoms in total. The highest BCUT2D eigenvalue weighted by Crippen LogP contribution is 2.11. The Hall–Kier alpha value is -1.51. The highest BCUT2D eigenvalue weighted by molar-refractivity contribution is 7.99. The van der Waals surface area contributed by atoms with Gasteiger partial charge in [-0.1, -0.05) is 18.8 Å². The smallest absolute Gasteiger partial charge is 0.254 e. The lowest BCUT2D eigenvalue weighted by molar-refractivity contribution is 0.0935. The first-order chi connectivity index (χ1) is 10.1. The summed E-state index contributed by atoms with van der Waals surface area (Å²) >= 11 is 1.81. The van der Waals surface area contributed by atoms with Gasteiger partial charge in [0.15, 0.2) is 0 Å². The first-order valence-electron chi connectivity index (χ1n) is 6.86. The van der Waals surface area contributed by atoms with Gasteiger partial charge in [0.25, 0.3) is 5.91 Å². The molecular weight excluding hydrogens is 289 g/mol. The molecule has 0 aliphatic rings. The third-order valence-electron chi connectivity index (χ3n) is 2.80. The number of rotatable bonds is 6. The second-order valence-corrected chi connectivity index (χ2v) is 5.91. The first kappa shape index (κ1) is 17.5. The van der Waals surface area contributed by atoms with E-state index in [1.54, 1.807) is 11.8 Å². The lowest BCUT2D eigenvalue weighted by Crippen LogP contribution is -2.33. The van der Waals surface area contributed by atoms with E-state index in [0.29, 0.717) is 5.56 Å². The van der Waals surface area contributed by atoms with E-state index in [0.717, 1.165) is 17.9 Å². The molecule has 0 aromatic heterocycles. The molecule has 0 heterocycles. The van der Waals surface area contributed by atoms with Crippen LogP contribution >= 0.6 is 11.8 Å². The molecule has 0 saturated carbocycles. The fraction of sp³-hybridized carbons (Fsp3) is 0.438. The van der Waals surface area contributed by atoms with Crippen molar-refractivity contribution in [2.75, 3.05) is 18.1 Å². The number of aliphatic hydroxyl groups excluding tert-OH is 1. The van der Waals surface area contributed by atoms with Crippen molar-refractivity contribution in [3.63, 3.8) is 0 Å². The lowest BCUT2D eigenvalue weighted by atomic mass is 10.1. The van der Waals surface area contributed by atoms with Crippen molar-refractivity contribution in [1.82, 2.24) is 5.32 Å². The van der Waals surface area contributed by atoms with Gasteiger partial charge in [-0.15, -0.1) is 0 Å². The largest absolute Gasteiger partial charge is 0.384 e. The highest BCUT2D eigenvalue weighted by Gasteiger charge is 2.14. The van der Waals surface area contributed by atoms with Gasteiger partial charge >= 0.3 is 0 Å². The zero-order valence-corrected chi connectivity index (χ0v) is 13.1. The molecule has 0 saturated heterocycles. The summed E-state index contributed by atoms with van der Waals surface area (Å²) in [4.78, 5) is 12.1. The molecule has 0 fully saturated rings. The van der Waals surface area contributed by atoms with E-state index in [1.165, 1.54) is 18.2 Å². The van der Waals surface area contributed by atoms with Gasteiger partial charge in [-0.05, 0) is 43.0 Å². The number of hydrogen-bond acceptors (Lipinski definition) is 3. The van der Waals surface area contributed by atoms with Crippen LogP contribution in [0.1, 0.15) is 36.2 Å². The van der Waals surface area contributed by atoms with E-state index in [4.69, 9.17) is 5.11 Å². The fourth-order valence-electron chi connectivity index (χ4n) is 1.70. The number of halogens is 1. The molecule has 5 heteroatoms. The summed E-state index contributed by atoms with van der Waals surface area (Å²) in [5.74, 6) is 6.13. The Balaban J connectivity index is 2.72. The average molecular weight is 309 g/mol. The van der Waals surface area contributed by atoms with E-state index in [1.807, 2.05) is 6.92 Å². The van der Waals surface area contributed by atoms with Crippen molar-refractivity contribution in [3.8, 4) is 11.8 Å². The fourth-order valence-corrected chi connectivity index (χ4v) is 2.51. The van der Waals surface area contributed by atoms with Crippen molar-refractivity contribution < 1.29 is 14.3 Å². The maximum absolute atomic E-state index is 13.7. The van der Waals surface area contributed by atoms with Gasteiger partial charge in [0.2, 0.25) is 0 Å². The van der Waals surface area contributed by atoms with Crippen LogP contribution in [0.5, 0.6) is 0 Å². The van der Waals surface area contributed by atoms with Crippen molar-refractivity contribution >= 4 is 17.7 Å². The molecular formula is C16H20FNO2S. The monoisotopic (exact) mass is 309 g/mol. The van der Waals surface area contributed by atoms with Crippen LogP contribution < -0.4 is 5.32 Å². The maximum Gasteiger partial charge on any atom is 0.254 e. The van der Waals surface area contributed by atoms with Gasteiger partial charge in [-0.2, -0.15) is 11.8 Å². The number of amides is 1. The number of aliphatic hydroxyl groups is 1. The molecule has 0 radical (unpaired) electrons. The summed E-state index contributed by atoms with van der Waals surface area (Å²) in [6.07, 6.45) is 0.843. The Morgan fingerprint density at radius 1 is 1.52 bits per heavy atom. The normalized spacial score (nSPS) is 11.4. The molecule has 1 aromatic rings. The maximum atomic E-state index is 13.7. The molecule has 1 amide bonds. The van der Waals surface area contributed by atoms with E-state index in [2.05, 4.69) is 24.1 Å². The standard InChI is InChI=1S/C16H20FNO2S/c1-3-21-10-8-12(2)18-16(20)14-11-13(5-4-9-19)6-7-15(14)17/h6-7,11-12,19H,3,8-10H2,1-2H3,(H,18,20). The predicted molar refractivity (Wildman–Crippen MR) is 84.9 cm³/mol. The van der Waals surface area contributed by atoms with E-state index in [9.17, 15) is 9.18 Å². The van der Waals surface area contributed by atoms with Crippen LogP contribution in [0, 0.1) is 17.7 Å². The summed E-state index contributed by atoms with van der Waals surface area (Å²) in [7, 11) is 0. The van der Waals surface area contributed by atoms with Crippen LogP contribution in [-0.4, -0.2) is 35.2 Å². The van der Waals surface area contributed by atoms with Gasteiger partial charge in [-0.3, -0.25) is 4.79 Å². The first-order valence-corrected chi connectivity index (χ1v) is 8.01. The minimum absolute atomic E-state index is 0.0110. The van der Waals surface area contributed by atoms with Crippen molar-refractivity contribution in [2.24, 2.45) is 0 Å². The molecule has 1 atom stereocenters. The molecule has 21 heavy (non-hydrogen) atoms. The van der Waals surface area contributed by atoms with Gasteiger partial charge in [0, 0.05) is 11.6 Å². The number of thioether (sulfide) groups is 1. The Morgan fingerprint density at radius 2 is 2.29 bits per heavy atom. The molecule has 0 bridgehead atoms. The third-order valence-corrected chi connectivity index (χ3v) is 3.73. The second kappa shape index (κ2) is 9.43. The molecule has 1 unspecified atom stereocenters. The van der Waals surface area contributed by atoms with Crippen molar-refractivity contribution in [2.45, 2.75) is 26.3 Å². The van der Waals surface area contributed by atoms with Crippen LogP contribution in [-0.2, 0) is 0 Å². The molecule has 2 N–H and O–H groups in total. The number of hydrogen-bond donors (Lipinski definition) is 2. The number of carbonyl (C=O) groups is 1. The van der Waals surface area contributed by atoms with Crippen LogP contribution in [0.4, 0.5) is 4.39 Å². The topological polar surface area (TPSA) is 49.3 Å². The molecule has 0 aliphatic heterocycles. The minimum Gasteiger partial charge on any atom is -0.384 e. The zero-order valence-electron chi connectivity index (χ0n) is 12.3. The van der Waals surface area contributed by atoms with Crippen molar-refractivity contribution in [3.05, 3.63) is 35.1 Å². The average Bonchev–Trinajstić information content (AvgIpc) is 2.46. The highest BCUT2D eigenvalue weighted by atomic mass is 32.2. The van der Waals surface area contributed by atoms with E-state index < -0.39 is 11.7 Å². The Kier molecular flexibility index (Phi) is 7.88. The summed E-state index contributed by atoms with van der Waals surface area (Å²) in [6.45, 7) is 3.72. The van der Waals surface area contributed by atoms with Crippen LogP contribution in [0.15, 0.2) is 18.2 Å².